The SMILES string of the molecule is Cn1nc(C(=O)NCCc2ccc(F)cc2)[nH]c1=O. The van der Waals surface area contributed by atoms with Crippen molar-refractivity contribution >= 4 is 5.91 Å². The van der Waals surface area contributed by atoms with E-state index in [1.165, 1.54) is 19.2 Å². The standard InChI is InChI=1S/C12H13FN4O2/c1-17-12(19)15-10(16-17)11(18)14-7-6-8-2-4-9(13)5-3-8/h2-5H,6-7H2,1H3,(H,14,18)(H,15,16,19). The largest absolute Gasteiger partial charge is 0.349 e. The zero-order chi connectivity index (χ0) is 13.8. The molecule has 1 aromatic carbocycles. The highest BCUT2D eigenvalue weighted by atomic mass is 19.1. The van der Waals surface area contributed by atoms with E-state index in [-0.39, 0.29) is 11.6 Å². The first-order valence-electron chi connectivity index (χ1n) is 5.72. The highest BCUT2D eigenvalue weighted by molar-refractivity contribution is 5.90. The molecule has 0 unspecified atom stereocenters. The van der Waals surface area contributed by atoms with Crippen LogP contribution in [0.1, 0.15) is 16.2 Å². The molecule has 1 amide bonds. The highest BCUT2D eigenvalue weighted by Gasteiger charge is 2.10. The Labute approximate surface area is 108 Å². The molecule has 100 valence electrons. The number of amides is 1. The quantitative estimate of drug-likeness (QED) is 0.829. The third kappa shape index (κ3) is 3.27. The molecule has 1 aromatic heterocycles. The smallest absolute Gasteiger partial charge is 0.343 e. The summed E-state index contributed by atoms with van der Waals surface area (Å²) in [5, 5.41) is 6.36. The molecule has 0 fully saturated rings. The first-order valence-corrected chi connectivity index (χ1v) is 5.72. The molecule has 1 heterocycles. The van der Waals surface area contributed by atoms with Crippen LogP contribution in [-0.2, 0) is 13.5 Å². The molecule has 0 atom stereocenters. The maximum Gasteiger partial charge on any atom is 0.343 e. The molecule has 2 N–H and O–H groups in total. The molecular formula is C12H13FN4O2. The van der Waals surface area contributed by atoms with E-state index in [4.69, 9.17) is 0 Å². The van der Waals surface area contributed by atoms with Crippen molar-refractivity contribution in [1.29, 1.82) is 0 Å². The Morgan fingerprint density at radius 2 is 2.11 bits per heavy atom. The number of hydrogen-bond donors (Lipinski definition) is 2. The van der Waals surface area contributed by atoms with Crippen LogP contribution in [0.15, 0.2) is 29.1 Å². The van der Waals surface area contributed by atoms with Crippen LogP contribution < -0.4 is 11.0 Å². The zero-order valence-corrected chi connectivity index (χ0v) is 10.3. The molecule has 0 aliphatic carbocycles. The molecule has 0 aliphatic rings. The molecule has 0 saturated carbocycles. The van der Waals surface area contributed by atoms with Crippen molar-refractivity contribution in [3.8, 4) is 0 Å². The molecule has 7 heteroatoms. The van der Waals surface area contributed by atoms with E-state index in [0.717, 1.165) is 10.2 Å². The van der Waals surface area contributed by atoms with Crippen molar-refractivity contribution in [3.63, 3.8) is 0 Å². The second-order valence-electron chi connectivity index (χ2n) is 4.03. The molecule has 0 spiro atoms. The van der Waals surface area contributed by atoms with Crippen LogP contribution >= 0.6 is 0 Å². The van der Waals surface area contributed by atoms with Crippen LogP contribution in [0.5, 0.6) is 0 Å². The summed E-state index contributed by atoms with van der Waals surface area (Å²) in [7, 11) is 1.45. The Morgan fingerprint density at radius 3 is 2.68 bits per heavy atom. The van der Waals surface area contributed by atoms with Crippen LogP contribution in [0.4, 0.5) is 4.39 Å². The van der Waals surface area contributed by atoms with Crippen LogP contribution in [-0.4, -0.2) is 27.2 Å². The van der Waals surface area contributed by atoms with Crippen LogP contribution in [0, 0.1) is 5.82 Å². The minimum atomic E-state index is -0.445. The predicted molar refractivity (Wildman–Crippen MR) is 66.3 cm³/mol. The maximum atomic E-state index is 12.7. The molecule has 0 aliphatic heterocycles. The van der Waals surface area contributed by atoms with Crippen LogP contribution in [0.25, 0.3) is 0 Å². The molecule has 6 nitrogen and oxygen atoms in total. The van der Waals surface area contributed by atoms with Crippen LogP contribution in [0.3, 0.4) is 0 Å². The number of halogens is 1. The number of benzene rings is 1. The fourth-order valence-corrected chi connectivity index (χ4v) is 1.56. The molecule has 0 radical (unpaired) electrons. The third-order valence-corrected chi connectivity index (χ3v) is 2.60. The van der Waals surface area contributed by atoms with Gasteiger partial charge in [-0.3, -0.25) is 9.78 Å². The number of aromatic amines is 1. The first-order chi connectivity index (χ1) is 9.06. The molecular weight excluding hydrogens is 251 g/mol. The average Bonchev–Trinajstić information content (AvgIpc) is 2.72. The Bertz CT molecular complexity index is 630. The second kappa shape index (κ2) is 5.47. The summed E-state index contributed by atoms with van der Waals surface area (Å²) in [6.07, 6.45) is 0.573. The van der Waals surface area contributed by atoms with Gasteiger partial charge in [0, 0.05) is 13.6 Å². The predicted octanol–water partition coefficient (Wildman–Crippen LogP) is 0.220. The summed E-state index contributed by atoms with van der Waals surface area (Å²) >= 11 is 0. The van der Waals surface area contributed by atoms with Crippen molar-refractivity contribution in [2.45, 2.75) is 6.42 Å². The van der Waals surface area contributed by atoms with Crippen molar-refractivity contribution in [2.24, 2.45) is 7.05 Å². The summed E-state index contributed by atoms with van der Waals surface area (Å²) in [5.74, 6) is -0.759. The Morgan fingerprint density at radius 1 is 1.42 bits per heavy atom. The third-order valence-electron chi connectivity index (χ3n) is 2.60. The number of nitrogens with one attached hydrogen (secondary N) is 2. The molecule has 0 bridgehead atoms. The van der Waals surface area contributed by atoms with E-state index in [2.05, 4.69) is 15.4 Å². The number of aromatic nitrogens is 3. The topological polar surface area (TPSA) is 79.8 Å². The van der Waals surface area contributed by atoms with Gasteiger partial charge in [-0.15, -0.1) is 5.10 Å². The van der Waals surface area contributed by atoms with Gasteiger partial charge in [0.2, 0.25) is 5.82 Å². The van der Waals surface area contributed by atoms with Crippen molar-refractivity contribution in [2.75, 3.05) is 6.54 Å². The number of hydrogen-bond acceptors (Lipinski definition) is 3. The number of H-pyrrole nitrogens is 1. The summed E-state index contributed by atoms with van der Waals surface area (Å²) in [4.78, 5) is 25.1. The number of carbonyl (C=O) groups is 1. The molecule has 19 heavy (non-hydrogen) atoms. The molecule has 2 rings (SSSR count). The number of nitrogens with zero attached hydrogens (tertiary/aromatic N) is 2. The van der Waals surface area contributed by atoms with Gasteiger partial charge in [-0.1, -0.05) is 12.1 Å². The van der Waals surface area contributed by atoms with E-state index in [9.17, 15) is 14.0 Å². The highest BCUT2D eigenvalue weighted by Crippen LogP contribution is 2.02. The van der Waals surface area contributed by atoms with Crippen molar-refractivity contribution in [1.82, 2.24) is 20.1 Å². The monoisotopic (exact) mass is 264 g/mol. The van der Waals surface area contributed by atoms with Gasteiger partial charge in [-0.25, -0.2) is 13.9 Å². The lowest BCUT2D eigenvalue weighted by molar-refractivity contribution is 0.0943. The van der Waals surface area contributed by atoms with Crippen LogP contribution in [0.2, 0.25) is 0 Å². The van der Waals surface area contributed by atoms with Crippen molar-refractivity contribution in [3.05, 3.63) is 52.0 Å². The fraction of sp³-hybridized carbons (Fsp3) is 0.250. The summed E-state index contributed by atoms with van der Waals surface area (Å²) in [6.45, 7) is 0.378. The van der Waals surface area contributed by atoms with Gasteiger partial charge in [0.15, 0.2) is 0 Å². The Kier molecular flexibility index (Phi) is 3.74. The maximum absolute atomic E-state index is 12.7. The summed E-state index contributed by atoms with van der Waals surface area (Å²) in [5.41, 5.74) is 0.472. The number of rotatable bonds is 4. The molecule has 2 aromatic rings. The van der Waals surface area contributed by atoms with Crippen molar-refractivity contribution < 1.29 is 9.18 Å². The van der Waals surface area contributed by atoms with E-state index in [1.807, 2.05) is 0 Å². The normalized spacial score (nSPS) is 10.4. The lowest BCUT2D eigenvalue weighted by Crippen LogP contribution is -2.27. The fourth-order valence-electron chi connectivity index (χ4n) is 1.56. The average molecular weight is 264 g/mol. The summed E-state index contributed by atoms with van der Waals surface area (Å²) in [6, 6.07) is 6.05. The van der Waals surface area contributed by atoms with E-state index >= 15 is 0 Å². The van der Waals surface area contributed by atoms with Gasteiger partial charge < -0.3 is 5.32 Å². The van der Waals surface area contributed by atoms with Gasteiger partial charge >= 0.3 is 5.69 Å². The number of carbonyl (C=O) groups excluding carboxylic acids is 1. The second-order valence-corrected chi connectivity index (χ2v) is 4.03. The van der Waals surface area contributed by atoms with E-state index in [0.29, 0.717) is 13.0 Å². The minimum absolute atomic E-state index is 0.0217. The lowest BCUT2D eigenvalue weighted by Gasteiger charge is -2.03. The lowest BCUT2D eigenvalue weighted by atomic mass is 10.1. The van der Waals surface area contributed by atoms with Gasteiger partial charge in [-0.05, 0) is 24.1 Å². The summed E-state index contributed by atoms with van der Waals surface area (Å²) < 4.78 is 13.7. The Hall–Kier alpha value is -2.44. The van der Waals surface area contributed by atoms with E-state index in [1.54, 1.807) is 12.1 Å². The van der Waals surface area contributed by atoms with Gasteiger partial charge in [0.05, 0.1) is 0 Å². The molecule has 0 saturated heterocycles. The zero-order valence-electron chi connectivity index (χ0n) is 10.3. The van der Waals surface area contributed by atoms with E-state index < -0.39 is 11.6 Å². The first kappa shape index (κ1) is 13.0. The van der Waals surface area contributed by atoms with Gasteiger partial charge in [0.1, 0.15) is 5.82 Å². The van der Waals surface area contributed by atoms with Gasteiger partial charge in [0.25, 0.3) is 5.91 Å². The number of aryl methyl sites for hydroxylation is 1. The van der Waals surface area contributed by atoms with Gasteiger partial charge in [-0.2, -0.15) is 0 Å². The minimum Gasteiger partial charge on any atom is -0.349 e. The Balaban J connectivity index is 1.87.